The summed E-state index contributed by atoms with van der Waals surface area (Å²) in [4.78, 5) is 10.3. The van der Waals surface area contributed by atoms with Crippen molar-refractivity contribution in [3.63, 3.8) is 0 Å². The van der Waals surface area contributed by atoms with Gasteiger partial charge in [-0.15, -0.1) is 0 Å². The molecule has 0 N–H and O–H groups in total. The Hall–Kier alpha value is -0.160. The van der Waals surface area contributed by atoms with Gasteiger partial charge >= 0.3 is 0 Å². The number of likely N-dealkylation sites (tertiary alicyclic amines) is 3. The van der Waals surface area contributed by atoms with Gasteiger partial charge in [0.05, 0.1) is 0 Å². The monoisotopic (exact) mass is 266 g/mol. The van der Waals surface area contributed by atoms with Crippen LogP contribution in [0.15, 0.2) is 0 Å². The van der Waals surface area contributed by atoms with E-state index in [2.05, 4.69) is 33.7 Å². The maximum atomic E-state index is 2.70. The topological polar surface area (TPSA) is 13.0 Å². The first kappa shape index (κ1) is 13.8. The van der Waals surface area contributed by atoms with Crippen LogP contribution in [0.5, 0.6) is 0 Å². The van der Waals surface area contributed by atoms with Gasteiger partial charge in [-0.3, -0.25) is 9.80 Å². The average Bonchev–Trinajstić information content (AvgIpc) is 2.78. The summed E-state index contributed by atoms with van der Waals surface area (Å²) < 4.78 is 0. The van der Waals surface area contributed by atoms with E-state index in [-0.39, 0.29) is 0 Å². The quantitative estimate of drug-likeness (QED) is 0.684. The molecule has 4 nitrogen and oxygen atoms in total. The minimum Gasteiger partial charge on any atom is -0.306 e. The van der Waals surface area contributed by atoms with Crippen molar-refractivity contribution in [2.24, 2.45) is 5.92 Å². The molecule has 0 unspecified atom stereocenters. The molecule has 110 valence electrons. The Kier molecular flexibility index (Phi) is 4.42. The third-order valence-corrected chi connectivity index (χ3v) is 5.10. The standard InChI is InChI=1S/C15H30N4/c1-16(9-14-10-17(2)11-14)7-8-18-12-15(13-18)19-5-3-4-6-19/h14-15H,3-13H2,1-2H3. The first-order chi connectivity index (χ1) is 9.20. The molecule has 0 aromatic carbocycles. The van der Waals surface area contributed by atoms with Crippen molar-refractivity contribution in [3.05, 3.63) is 0 Å². The summed E-state index contributed by atoms with van der Waals surface area (Å²) in [6.45, 7) is 11.7. The molecule has 0 aromatic heterocycles. The average molecular weight is 266 g/mol. The van der Waals surface area contributed by atoms with Crippen LogP contribution < -0.4 is 0 Å². The second-order valence-electron chi connectivity index (χ2n) is 7.01. The zero-order valence-electron chi connectivity index (χ0n) is 12.7. The van der Waals surface area contributed by atoms with Crippen LogP contribution >= 0.6 is 0 Å². The van der Waals surface area contributed by atoms with E-state index in [9.17, 15) is 0 Å². The van der Waals surface area contributed by atoms with Crippen LogP contribution in [0, 0.1) is 5.92 Å². The molecule has 3 aliphatic heterocycles. The summed E-state index contributed by atoms with van der Waals surface area (Å²) in [5.74, 6) is 0.920. The Labute approximate surface area is 118 Å². The molecule has 0 aliphatic carbocycles. The van der Waals surface area contributed by atoms with Crippen LogP contribution in [0.25, 0.3) is 0 Å². The first-order valence-electron chi connectivity index (χ1n) is 8.04. The second-order valence-corrected chi connectivity index (χ2v) is 7.01. The summed E-state index contributed by atoms with van der Waals surface area (Å²) in [5.41, 5.74) is 0. The number of nitrogens with zero attached hydrogens (tertiary/aromatic N) is 4. The molecule has 0 amide bonds. The van der Waals surface area contributed by atoms with Gasteiger partial charge in [0, 0.05) is 51.9 Å². The lowest BCUT2D eigenvalue weighted by Gasteiger charge is -2.45. The smallest absolute Gasteiger partial charge is 0.0350 e. The van der Waals surface area contributed by atoms with Gasteiger partial charge in [-0.05, 0) is 45.9 Å². The predicted molar refractivity (Wildman–Crippen MR) is 79.5 cm³/mol. The zero-order chi connectivity index (χ0) is 13.2. The van der Waals surface area contributed by atoms with Gasteiger partial charge in [0.25, 0.3) is 0 Å². The van der Waals surface area contributed by atoms with Crippen molar-refractivity contribution in [1.82, 2.24) is 19.6 Å². The fraction of sp³-hybridized carbons (Fsp3) is 1.00. The third-order valence-electron chi connectivity index (χ3n) is 5.10. The van der Waals surface area contributed by atoms with Crippen molar-refractivity contribution in [2.75, 3.05) is 73.0 Å². The molecule has 0 atom stereocenters. The van der Waals surface area contributed by atoms with E-state index < -0.39 is 0 Å². The van der Waals surface area contributed by atoms with Crippen LogP contribution in [-0.4, -0.2) is 98.6 Å². The van der Waals surface area contributed by atoms with Gasteiger partial charge in [0.1, 0.15) is 0 Å². The molecule has 4 heteroatoms. The maximum Gasteiger partial charge on any atom is 0.0350 e. The number of likely N-dealkylation sites (N-methyl/N-ethyl adjacent to an activating group) is 1. The number of rotatable bonds is 6. The summed E-state index contributed by atoms with van der Waals surface area (Å²) in [5, 5.41) is 0. The molecular weight excluding hydrogens is 236 g/mol. The first-order valence-corrected chi connectivity index (χ1v) is 8.04. The Morgan fingerprint density at radius 2 is 1.74 bits per heavy atom. The van der Waals surface area contributed by atoms with Crippen LogP contribution in [0.1, 0.15) is 12.8 Å². The van der Waals surface area contributed by atoms with E-state index in [4.69, 9.17) is 0 Å². The molecule has 3 fully saturated rings. The Morgan fingerprint density at radius 1 is 1.05 bits per heavy atom. The molecule has 3 heterocycles. The van der Waals surface area contributed by atoms with E-state index in [0.717, 1.165) is 12.0 Å². The summed E-state index contributed by atoms with van der Waals surface area (Å²) in [7, 11) is 4.51. The normalized spacial score (nSPS) is 27.9. The summed E-state index contributed by atoms with van der Waals surface area (Å²) in [6, 6.07) is 0.882. The number of hydrogen-bond acceptors (Lipinski definition) is 4. The highest BCUT2D eigenvalue weighted by molar-refractivity contribution is 4.90. The van der Waals surface area contributed by atoms with Crippen molar-refractivity contribution in [1.29, 1.82) is 0 Å². The molecule has 0 bridgehead atoms. The lowest BCUT2D eigenvalue weighted by molar-refractivity contribution is 0.0370. The molecule has 19 heavy (non-hydrogen) atoms. The van der Waals surface area contributed by atoms with E-state index >= 15 is 0 Å². The third kappa shape index (κ3) is 3.48. The Morgan fingerprint density at radius 3 is 2.37 bits per heavy atom. The van der Waals surface area contributed by atoms with Gasteiger partial charge in [-0.2, -0.15) is 0 Å². The van der Waals surface area contributed by atoms with E-state index in [1.165, 1.54) is 71.7 Å². The van der Waals surface area contributed by atoms with Crippen molar-refractivity contribution < 1.29 is 0 Å². The van der Waals surface area contributed by atoms with Gasteiger partial charge < -0.3 is 9.80 Å². The molecular formula is C15H30N4. The Bertz CT molecular complexity index is 278. The van der Waals surface area contributed by atoms with Gasteiger partial charge in [-0.1, -0.05) is 0 Å². The van der Waals surface area contributed by atoms with Gasteiger partial charge in [-0.25, -0.2) is 0 Å². The largest absolute Gasteiger partial charge is 0.306 e. The molecule has 3 aliphatic rings. The lowest BCUT2D eigenvalue weighted by atomic mass is 10.0. The minimum absolute atomic E-state index is 0.882. The molecule has 0 aromatic rings. The highest BCUT2D eigenvalue weighted by Gasteiger charge is 2.32. The van der Waals surface area contributed by atoms with Crippen LogP contribution in [0.4, 0.5) is 0 Å². The summed E-state index contributed by atoms with van der Waals surface area (Å²) >= 11 is 0. The zero-order valence-corrected chi connectivity index (χ0v) is 12.7. The van der Waals surface area contributed by atoms with Crippen molar-refractivity contribution in [3.8, 4) is 0 Å². The highest BCUT2D eigenvalue weighted by Crippen LogP contribution is 2.20. The van der Waals surface area contributed by atoms with E-state index in [0.29, 0.717) is 0 Å². The van der Waals surface area contributed by atoms with E-state index in [1.54, 1.807) is 0 Å². The molecule has 0 spiro atoms. The van der Waals surface area contributed by atoms with Crippen LogP contribution in [0.2, 0.25) is 0 Å². The van der Waals surface area contributed by atoms with Crippen molar-refractivity contribution >= 4 is 0 Å². The highest BCUT2D eigenvalue weighted by atomic mass is 15.3. The minimum atomic E-state index is 0.882. The van der Waals surface area contributed by atoms with Crippen LogP contribution in [-0.2, 0) is 0 Å². The molecule has 0 saturated carbocycles. The molecule has 0 radical (unpaired) electrons. The predicted octanol–water partition coefficient (Wildman–Crippen LogP) is 0.260. The Balaban J connectivity index is 1.25. The van der Waals surface area contributed by atoms with Crippen LogP contribution in [0.3, 0.4) is 0 Å². The van der Waals surface area contributed by atoms with Crippen molar-refractivity contribution in [2.45, 2.75) is 18.9 Å². The molecule has 3 rings (SSSR count). The van der Waals surface area contributed by atoms with E-state index in [1.807, 2.05) is 0 Å². The fourth-order valence-corrected chi connectivity index (χ4v) is 3.85. The summed E-state index contributed by atoms with van der Waals surface area (Å²) in [6.07, 6.45) is 2.85. The second kappa shape index (κ2) is 6.08. The fourth-order valence-electron chi connectivity index (χ4n) is 3.85. The lowest BCUT2D eigenvalue weighted by Crippen LogP contribution is -2.59. The SMILES string of the molecule is CN(CCN1CC(N2CCCC2)C1)CC1CN(C)C1. The molecule has 3 saturated heterocycles. The van der Waals surface area contributed by atoms with Gasteiger partial charge in [0.15, 0.2) is 0 Å². The maximum absolute atomic E-state index is 2.70. The number of hydrogen-bond donors (Lipinski definition) is 0. The van der Waals surface area contributed by atoms with Gasteiger partial charge in [0.2, 0.25) is 0 Å².